The number of hydrogen-bond acceptors (Lipinski definition) is 7. The number of anilines is 2. The number of aromatic amines is 1. The van der Waals surface area contributed by atoms with Gasteiger partial charge in [-0.1, -0.05) is 0 Å². The van der Waals surface area contributed by atoms with E-state index in [0.717, 1.165) is 41.1 Å². The van der Waals surface area contributed by atoms with E-state index in [2.05, 4.69) is 24.8 Å². The zero-order chi connectivity index (χ0) is 17.4. The molecule has 1 aliphatic heterocycles. The number of pyridine rings is 1. The molecular formula is C17H20N6O2. The number of ether oxygens (including phenoxy) is 2. The van der Waals surface area contributed by atoms with Crippen LogP contribution in [0.1, 0.15) is 0 Å². The maximum Gasteiger partial charge on any atom is 0.220 e. The highest BCUT2D eigenvalue weighted by Gasteiger charge is 2.34. The average Bonchev–Trinajstić information content (AvgIpc) is 3.25. The molecule has 3 aromatic rings. The van der Waals surface area contributed by atoms with Crippen LogP contribution in [-0.4, -0.2) is 59.5 Å². The maximum absolute atomic E-state index is 5.75. The van der Waals surface area contributed by atoms with Crippen molar-refractivity contribution in [1.29, 1.82) is 0 Å². The smallest absolute Gasteiger partial charge is 0.220 e. The number of aromatic nitrogens is 4. The summed E-state index contributed by atoms with van der Waals surface area (Å²) in [6.07, 6.45) is 5.43. The van der Waals surface area contributed by atoms with E-state index in [-0.39, 0.29) is 18.2 Å². The predicted octanol–water partition coefficient (Wildman–Crippen LogP) is 1.45. The zero-order valence-electron chi connectivity index (χ0n) is 14.1. The number of nitrogens with two attached hydrogens (primary N) is 1. The molecule has 4 heterocycles. The van der Waals surface area contributed by atoms with E-state index in [1.54, 1.807) is 26.6 Å². The van der Waals surface area contributed by atoms with Gasteiger partial charge in [0, 0.05) is 51.5 Å². The van der Waals surface area contributed by atoms with Crippen molar-refractivity contribution in [3.05, 3.63) is 30.7 Å². The van der Waals surface area contributed by atoms with Gasteiger partial charge in [0.2, 0.25) is 5.95 Å². The number of hydrogen-bond donors (Lipinski definition) is 2. The Hall–Kier alpha value is -2.71. The first-order valence-corrected chi connectivity index (χ1v) is 8.06. The Morgan fingerprint density at radius 3 is 2.52 bits per heavy atom. The van der Waals surface area contributed by atoms with Crippen molar-refractivity contribution in [3.8, 4) is 11.3 Å². The average molecular weight is 340 g/mol. The minimum atomic E-state index is 0.0327. The van der Waals surface area contributed by atoms with Gasteiger partial charge in [-0.2, -0.15) is 0 Å². The van der Waals surface area contributed by atoms with Gasteiger partial charge in [0.15, 0.2) is 0 Å². The van der Waals surface area contributed by atoms with E-state index < -0.39 is 0 Å². The second kappa shape index (κ2) is 6.30. The van der Waals surface area contributed by atoms with E-state index >= 15 is 0 Å². The van der Waals surface area contributed by atoms with E-state index in [1.165, 1.54) is 0 Å². The highest BCUT2D eigenvalue weighted by atomic mass is 16.5. The summed E-state index contributed by atoms with van der Waals surface area (Å²) >= 11 is 0. The van der Waals surface area contributed by atoms with E-state index in [1.807, 2.05) is 18.3 Å². The Morgan fingerprint density at radius 1 is 1.12 bits per heavy atom. The molecule has 130 valence electrons. The molecule has 0 radical (unpaired) electrons. The molecule has 0 aromatic carbocycles. The van der Waals surface area contributed by atoms with Crippen LogP contribution >= 0.6 is 0 Å². The Kier molecular flexibility index (Phi) is 3.98. The molecule has 1 aliphatic rings. The number of fused-ring (bicyclic) bond motifs is 1. The zero-order valence-corrected chi connectivity index (χ0v) is 14.1. The molecule has 0 amide bonds. The summed E-state index contributed by atoms with van der Waals surface area (Å²) in [6, 6.07) is 3.85. The second-order valence-electron chi connectivity index (χ2n) is 6.01. The fourth-order valence-electron chi connectivity index (χ4n) is 3.42. The lowest BCUT2D eigenvalue weighted by Crippen LogP contribution is -2.27. The molecule has 3 aromatic heterocycles. The third kappa shape index (κ3) is 2.69. The Balaban J connectivity index is 1.81. The van der Waals surface area contributed by atoms with Crippen molar-refractivity contribution in [1.82, 2.24) is 19.9 Å². The van der Waals surface area contributed by atoms with Gasteiger partial charge >= 0.3 is 0 Å². The lowest BCUT2D eigenvalue weighted by atomic mass is 10.1. The standard InChI is InChI=1S/C17H20N6O2/c1-24-13-8-23(9-14(13)25-2)12-4-6-19-16-15(12)10(7-21-16)11-3-5-20-17(18)22-11/h3-7,13-14H,8-9H2,1-2H3,(H,19,21)(H2,18,20,22)/t13-,14+. The summed E-state index contributed by atoms with van der Waals surface area (Å²) in [6.45, 7) is 1.51. The van der Waals surface area contributed by atoms with Crippen LogP contribution in [0.2, 0.25) is 0 Å². The fraction of sp³-hybridized carbons (Fsp3) is 0.353. The second-order valence-corrected chi connectivity index (χ2v) is 6.01. The minimum absolute atomic E-state index is 0.0327. The third-order valence-corrected chi connectivity index (χ3v) is 4.66. The van der Waals surface area contributed by atoms with Crippen molar-refractivity contribution in [2.75, 3.05) is 37.9 Å². The topological polar surface area (TPSA) is 102 Å². The molecular weight excluding hydrogens is 320 g/mol. The number of nitrogens with zero attached hydrogens (tertiary/aromatic N) is 4. The molecule has 8 heteroatoms. The van der Waals surface area contributed by atoms with Gasteiger partial charge in [-0.3, -0.25) is 0 Å². The molecule has 25 heavy (non-hydrogen) atoms. The summed E-state index contributed by atoms with van der Waals surface area (Å²) in [7, 11) is 3.43. The third-order valence-electron chi connectivity index (χ3n) is 4.66. The molecule has 0 bridgehead atoms. The number of nitrogens with one attached hydrogen (secondary N) is 1. The predicted molar refractivity (Wildman–Crippen MR) is 95.3 cm³/mol. The number of nitrogen functional groups attached to an aromatic ring is 1. The normalized spacial score (nSPS) is 20.5. The number of rotatable bonds is 4. The van der Waals surface area contributed by atoms with Crippen LogP contribution in [0.5, 0.6) is 0 Å². The van der Waals surface area contributed by atoms with Gasteiger partial charge in [0.1, 0.15) is 17.9 Å². The van der Waals surface area contributed by atoms with Crippen LogP contribution < -0.4 is 10.6 Å². The molecule has 4 rings (SSSR count). The molecule has 1 saturated heterocycles. The van der Waals surface area contributed by atoms with Crippen LogP contribution in [0.25, 0.3) is 22.3 Å². The number of methoxy groups -OCH3 is 2. The largest absolute Gasteiger partial charge is 0.377 e. The molecule has 0 spiro atoms. The lowest BCUT2D eigenvalue weighted by Gasteiger charge is -2.19. The molecule has 2 atom stereocenters. The van der Waals surface area contributed by atoms with Crippen LogP contribution in [0, 0.1) is 0 Å². The number of H-pyrrole nitrogens is 1. The summed E-state index contributed by atoms with van der Waals surface area (Å²) in [5.74, 6) is 0.248. The van der Waals surface area contributed by atoms with Crippen LogP contribution in [-0.2, 0) is 9.47 Å². The molecule has 0 aliphatic carbocycles. The summed E-state index contributed by atoms with van der Waals surface area (Å²) in [4.78, 5) is 18.2. The Labute approximate surface area is 145 Å². The Morgan fingerprint density at radius 2 is 1.84 bits per heavy atom. The SMILES string of the molecule is CO[C@H]1CN(c2ccnc3[nH]cc(-c4ccnc(N)n4)c23)C[C@H]1OC. The first-order valence-electron chi connectivity index (χ1n) is 8.06. The fourth-order valence-corrected chi connectivity index (χ4v) is 3.42. The molecule has 8 nitrogen and oxygen atoms in total. The minimum Gasteiger partial charge on any atom is -0.377 e. The monoisotopic (exact) mass is 340 g/mol. The van der Waals surface area contributed by atoms with Crippen molar-refractivity contribution in [2.45, 2.75) is 12.2 Å². The Bertz CT molecular complexity index is 884. The van der Waals surface area contributed by atoms with Gasteiger partial charge < -0.3 is 25.1 Å². The first-order chi connectivity index (χ1) is 12.2. The van der Waals surface area contributed by atoms with E-state index in [4.69, 9.17) is 15.2 Å². The molecule has 3 N–H and O–H groups in total. The lowest BCUT2D eigenvalue weighted by molar-refractivity contribution is -0.00461. The van der Waals surface area contributed by atoms with Crippen molar-refractivity contribution >= 4 is 22.7 Å². The van der Waals surface area contributed by atoms with Crippen molar-refractivity contribution < 1.29 is 9.47 Å². The first kappa shape index (κ1) is 15.8. The molecule has 0 unspecified atom stereocenters. The van der Waals surface area contributed by atoms with Crippen molar-refractivity contribution in [2.24, 2.45) is 0 Å². The quantitative estimate of drug-likeness (QED) is 0.741. The van der Waals surface area contributed by atoms with Crippen molar-refractivity contribution in [3.63, 3.8) is 0 Å². The van der Waals surface area contributed by atoms with E-state index in [9.17, 15) is 0 Å². The van der Waals surface area contributed by atoms with Crippen LogP contribution in [0.3, 0.4) is 0 Å². The molecule has 0 saturated carbocycles. The van der Waals surface area contributed by atoms with Gasteiger partial charge in [-0.05, 0) is 12.1 Å². The molecule has 1 fully saturated rings. The summed E-state index contributed by atoms with van der Waals surface area (Å²) in [5, 5.41) is 1.01. The summed E-state index contributed by atoms with van der Waals surface area (Å²) in [5.41, 5.74) is 9.33. The summed E-state index contributed by atoms with van der Waals surface area (Å²) < 4.78 is 11.1. The van der Waals surface area contributed by atoms with Gasteiger partial charge in [0.05, 0.1) is 16.8 Å². The maximum atomic E-state index is 5.75. The van der Waals surface area contributed by atoms with Gasteiger partial charge in [-0.25, -0.2) is 15.0 Å². The van der Waals surface area contributed by atoms with Crippen LogP contribution in [0.15, 0.2) is 30.7 Å². The highest BCUT2D eigenvalue weighted by Crippen LogP contribution is 2.36. The van der Waals surface area contributed by atoms with Crippen LogP contribution in [0.4, 0.5) is 11.6 Å². The highest BCUT2D eigenvalue weighted by molar-refractivity contribution is 6.02. The van der Waals surface area contributed by atoms with E-state index in [0.29, 0.717) is 0 Å². The van der Waals surface area contributed by atoms with Gasteiger partial charge in [-0.15, -0.1) is 0 Å². The van der Waals surface area contributed by atoms with Gasteiger partial charge in [0.25, 0.3) is 0 Å².